The van der Waals surface area contributed by atoms with E-state index in [0.717, 1.165) is 37.3 Å². The number of thiocarbonyl (C=S) groups is 1. The molecule has 3 fully saturated rings. The number of hydrogen-bond acceptors (Lipinski definition) is 7. The number of aliphatic hydroxyl groups is 2. The molecule has 0 saturated carbocycles. The minimum absolute atomic E-state index is 0.0845. The Bertz CT molecular complexity index is 822. The molecular formula is C21H32N4O5S2. The molecule has 0 aliphatic carbocycles. The van der Waals surface area contributed by atoms with Crippen molar-refractivity contribution >= 4 is 41.0 Å². The van der Waals surface area contributed by atoms with Gasteiger partial charge in [-0.3, -0.25) is 4.79 Å². The molecule has 0 bridgehead atoms. The maximum absolute atomic E-state index is 12.5. The Morgan fingerprint density at radius 1 is 1.44 bits per heavy atom. The van der Waals surface area contributed by atoms with E-state index in [4.69, 9.17) is 12.2 Å². The highest BCUT2D eigenvalue weighted by molar-refractivity contribution is 8.03. The Morgan fingerprint density at radius 2 is 2.19 bits per heavy atom. The van der Waals surface area contributed by atoms with E-state index in [-0.39, 0.29) is 47.5 Å². The van der Waals surface area contributed by atoms with E-state index >= 15 is 0 Å². The predicted molar refractivity (Wildman–Crippen MR) is 125 cm³/mol. The molecule has 4 aliphatic rings. The number of nitrogens with one attached hydrogen (secondary N) is 2. The van der Waals surface area contributed by atoms with Crippen LogP contribution in [-0.2, 0) is 9.59 Å². The van der Waals surface area contributed by atoms with Crippen molar-refractivity contribution in [3.05, 3.63) is 10.6 Å². The maximum atomic E-state index is 12.5. The van der Waals surface area contributed by atoms with Crippen molar-refractivity contribution in [2.45, 2.75) is 62.6 Å². The molecule has 5 N–H and O–H groups in total. The zero-order valence-electron chi connectivity index (χ0n) is 18.4. The maximum Gasteiger partial charge on any atom is 0.353 e. The Kier molecular flexibility index (Phi) is 7.02. The summed E-state index contributed by atoms with van der Waals surface area (Å²) in [6.07, 6.45) is 2.04. The number of aliphatic carboxylic acids is 1. The third-order valence-corrected chi connectivity index (χ3v) is 9.03. The molecule has 4 aliphatic heterocycles. The highest BCUT2D eigenvalue weighted by atomic mass is 32.2. The molecule has 11 heteroatoms. The summed E-state index contributed by atoms with van der Waals surface area (Å²) in [4.78, 5) is 28.6. The first-order chi connectivity index (χ1) is 15.2. The summed E-state index contributed by atoms with van der Waals surface area (Å²) in [5.74, 6) is -2.03. The van der Waals surface area contributed by atoms with E-state index in [0.29, 0.717) is 11.7 Å². The summed E-state index contributed by atoms with van der Waals surface area (Å²) in [6, 6.07) is 0.0222. The summed E-state index contributed by atoms with van der Waals surface area (Å²) < 4.78 is 0. The minimum atomic E-state index is -1.09. The van der Waals surface area contributed by atoms with Gasteiger partial charge >= 0.3 is 5.97 Å². The minimum Gasteiger partial charge on any atom is -0.477 e. The first-order valence-corrected chi connectivity index (χ1v) is 12.6. The Balaban J connectivity index is 1.34. The van der Waals surface area contributed by atoms with Gasteiger partial charge in [0, 0.05) is 41.7 Å². The number of fused-ring (bicyclic) bond motifs is 1. The standard InChI is InChI=1S/C21H32N4O5S2/c1-10-16-15(11(2)27)19(28)25(16)17(20(29)30)18(10)32-14-6-12(22-8-14)7-23-21(31)24-5-3-4-13(24)9-26/h10-16,22,26-27H,3-9H2,1-2H3,(H,23,31)(H,29,30)/t10-,11-,12+,13?,14+,15?,16-/m1/s1. The van der Waals surface area contributed by atoms with Crippen LogP contribution in [0.4, 0.5) is 0 Å². The fraction of sp³-hybridized carbons (Fsp3) is 0.762. The molecule has 9 nitrogen and oxygen atoms in total. The van der Waals surface area contributed by atoms with E-state index in [1.165, 1.54) is 4.90 Å². The number of β-lactam (4-membered cyclic amide) rings is 1. The Labute approximate surface area is 197 Å². The van der Waals surface area contributed by atoms with Gasteiger partial charge in [0.05, 0.1) is 30.7 Å². The number of amides is 1. The zero-order valence-corrected chi connectivity index (χ0v) is 20.0. The SMILES string of the molecule is C[C@@H](O)C1C(=O)N2C(C(=O)O)=C(S[C@@H]3CN[C@H](CNC(=S)N4CCCC4CO)C3)[C@H](C)[C@H]12. The predicted octanol–water partition coefficient (Wildman–Crippen LogP) is -0.0650. The highest BCUT2D eigenvalue weighted by Gasteiger charge is 2.60. The van der Waals surface area contributed by atoms with Gasteiger partial charge in [0.15, 0.2) is 5.11 Å². The van der Waals surface area contributed by atoms with Gasteiger partial charge in [0.1, 0.15) is 5.70 Å². The number of aliphatic hydroxyl groups excluding tert-OH is 2. The fourth-order valence-corrected chi connectivity index (χ4v) is 7.33. The van der Waals surface area contributed by atoms with Gasteiger partial charge in [-0.05, 0) is 38.4 Å². The van der Waals surface area contributed by atoms with Crippen LogP contribution in [0.15, 0.2) is 10.6 Å². The monoisotopic (exact) mass is 484 g/mol. The third kappa shape index (κ3) is 4.13. The van der Waals surface area contributed by atoms with Crippen LogP contribution < -0.4 is 10.6 Å². The molecule has 0 spiro atoms. The summed E-state index contributed by atoms with van der Waals surface area (Å²) >= 11 is 7.06. The van der Waals surface area contributed by atoms with E-state index in [9.17, 15) is 24.9 Å². The quantitative estimate of drug-likeness (QED) is 0.248. The van der Waals surface area contributed by atoms with Crippen LogP contribution in [0.25, 0.3) is 0 Å². The van der Waals surface area contributed by atoms with Gasteiger partial charge in [0.25, 0.3) is 0 Å². The zero-order chi connectivity index (χ0) is 23.2. The normalized spacial score (nSPS) is 35.2. The van der Waals surface area contributed by atoms with Crippen molar-refractivity contribution in [3.8, 4) is 0 Å². The van der Waals surface area contributed by atoms with Crippen LogP contribution >= 0.6 is 24.0 Å². The number of nitrogens with zero attached hydrogens (tertiary/aromatic N) is 2. The molecule has 178 valence electrons. The number of carboxylic acid groups (broad SMARTS) is 1. The van der Waals surface area contributed by atoms with Crippen LogP contribution in [0.2, 0.25) is 0 Å². The van der Waals surface area contributed by atoms with Gasteiger partial charge < -0.3 is 35.8 Å². The molecule has 7 atom stereocenters. The lowest BCUT2D eigenvalue weighted by molar-refractivity contribution is -0.163. The molecule has 1 amide bonds. The van der Waals surface area contributed by atoms with E-state index in [1.807, 2.05) is 6.92 Å². The van der Waals surface area contributed by atoms with Crippen molar-refractivity contribution in [2.24, 2.45) is 11.8 Å². The van der Waals surface area contributed by atoms with Crippen LogP contribution in [0, 0.1) is 11.8 Å². The molecule has 0 aromatic carbocycles. The van der Waals surface area contributed by atoms with Crippen LogP contribution in [0.1, 0.15) is 33.1 Å². The number of rotatable bonds is 7. The smallest absolute Gasteiger partial charge is 0.353 e. The Hall–Kier alpha value is -1.40. The molecule has 3 saturated heterocycles. The number of carboxylic acids is 1. The molecule has 32 heavy (non-hydrogen) atoms. The lowest BCUT2D eigenvalue weighted by Crippen LogP contribution is -2.63. The average molecular weight is 485 g/mol. The number of likely N-dealkylation sites (tertiary alicyclic amines) is 1. The van der Waals surface area contributed by atoms with Gasteiger partial charge in [-0.1, -0.05) is 6.92 Å². The summed E-state index contributed by atoms with van der Waals surface area (Å²) in [6.45, 7) is 5.92. The van der Waals surface area contributed by atoms with Gasteiger partial charge in [-0.2, -0.15) is 0 Å². The van der Waals surface area contributed by atoms with Crippen molar-refractivity contribution < 1.29 is 24.9 Å². The van der Waals surface area contributed by atoms with E-state index in [1.54, 1.807) is 18.7 Å². The van der Waals surface area contributed by atoms with Crippen molar-refractivity contribution in [2.75, 3.05) is 26.2 Å². The van der Waals surface area contributed by atoms with E-state index in [2.05, 4.69) is 15.5 Å². The third-order valence-electron chi connectivity index (χ3n) is 7.13. The summed E-state index contributed by atoms with van der Waals surface area (Å²) in [5.41, 5.74) is 0.0845. The average Bonchev–Trinajstić information content (AvgIpc) is 3.44. The second kappa shape index (κ2) is 9.46. The molecular weight excluding hydrogens is 452 g/mol. The number of thioether (sulfide) groups is 1. The second-order valence-electron chi connectivity index (χ2n) is 9.21. The van der Waals surface area contributed by atoms with Gasteiger partial charge in [-0.15, -0.1) is 11.8 Å². The first-order valence-electron chi connectivity index (χ1n) is 11.3. The van der Waals surface area contributed by atoms with Crippen molar-refractivity contribution in [1.82, 2.24) is 20.4 Å². The van der Waals surface area contributed by atoms with Crippen LogP contribution in [-0.4, -0.2) is 97.8 Å². The van der Waals surface area contributed by atoms with E-state index < -0.39 is 18.0 Å². The first kappa shape index (κ1) is 23.7. The number of carbonyl (C=O) groups excluding carboxylic acids is 1. The lowest BCUT2D eigenvalue weighted by Gasteiger charge is -2.46. The Morgan fingerprint density at radius 3 is 2.84 bits per heavy atom. The van der Waals surface area contributed by atoms with Crippen LogP contribution in [0.5, 0.6) is 0 Å². The number of carbonyl (C=O) groups is 2. The van der Waals surface area contributed by atoms with Crippen LogP contribution in [0.3, 0.4) is 0 Å². The molecule has 4 rings (SSSR count). The molecule has 2 unspecified atom stereocenters. The fourth-order valence-electron chi connectivity index (χ4n) is 5.49. The lowest BCUT2D eigenvalue weighted by atomic mass is 9.79. The molecule has 0 aromatic rings. The molecule has 0 radical (unpaired) electrons. The summed E-state index contributed by atoms with van der Waals surface area (Å²) in [5, 5.41) is 36.9. The van der Waals surface area contributed by atoms with Gasteiger partial charge in [0.2, 0.25) is 5.91 Å². The summed E-state index contributed by atoms with van der Waals surface area (Å²) in [7, 11) is 0. The largest absolute Gasteiger partial charge is 0.477 e. The van der Waals surface area contributed by atoms with Crippen molar-refractivity contribution in [1.29, 1.82) is 0 Å². The number of hydrogen-bond donors (Lipinski definition) is 5. The topological polar surface area (TPSA) is 125 Å². The molecule has 4 heterocycles. The molecule has 0 aromatic heterocycles. The van der Waals surface area contributed by atoms with Gasteiger partial charge in [-0.25, -0.2) is 4.79 Å². The second-order valence-corrected chi connectivity index (χ2v) is 10.9. The van der Waals surface area contributed by atoms with Crippen molar-refractivity contribution in [3.63, 3.8) is 0 Å². The highest BCUT2D eigenvalue weighted by Crippen LogP contribution is 2.51.